The van der Waals surface area contributed by atoms with Crippen molar-refractivity contribution in [2.75, 3.05) is 5.32 Å². The molecule has 0 aliphatic rings. The van der Waals surface area contributed by atoms with Gasteiger partial charge in [-0.05, 0) is 25.8 Å². The van der Waals surface area contributed by atoms with E-state index >= 15 is 0 Å². The molecule has 0 aromatic carbocycles. The average Bonchev–Trinajstić information content (AvgIpc) is 2.64. The van der Waals surface area contributed by atoms with Gasteiger partial charge in [0.2, 0.25) is 5.78 Å². The number of fused-ring (bicyclic) bond motifs is 1. The second kappa shape index (κ2) is 5.61. The Morgan fingerprint density at radius 1 is 1.32 bits per heavy atom. The van der Waals surface area contributed by atoms with E-state index in [1.165, 1.54) is 0 Å². The van der Waals surface area contributed by atoms with Gasteiger partial charge in [0.25, 0.3) is 0 Å². The summed E-state index contributed by atoms with van der Waals surface area (Å²) < 4.78 is 1.89. The minimum Gasteiger partial charge on any atom is -0.367 e. The number of rotatable bonds is 4. The van der Waals surface area contributed by atoms with Gasteiger partial charge in [0.05, 0.1) is 11.2 Å². The molecule has 0 spiro atoms. The fourth-order valence-electron chi connectivity index (χ4n) is 1.74. The molecule has 2 aromatic heterocycles. The van der Waals surface area contributed by atoms with Crippen LogP contribution >= 0.6 is 11.6 Å². The molecule has 5 heteroatoms. The number of hydrogen-bond acceptors (Lipinski definition) is 3. The fraction of sp³-hybridized carbons (Fsp3) is 0.429. The lowest BCUT2D eigenvalue weighted by atomic mass is 10.2. The first-order chi connectivity index (χ1) is 8.97. The maximum Gasteiger partial charge on any atom is 0.236 e. The van der Waals surface area contributed by atoms with Gasteiger partial charge < -0.3 is 5.32 Å². The van der Waals surface area contributed by atoms with Gasteiger partial charge in [0.1, 0.15) is 11.5 Å². The van der Waals surface area contributed by atoms with Gasteiger partial charge >= 0.3 is 0 Å². The van der Waals surface area contributed by atoms with Crippen molar-refractivity contribution in [1.82, 2.24) is 14.4 Å². The van der Waals surface area contributed by atoms with Crippen molar-refractivity contribution in [3.63, 3.8) is 0 Å². The lowest BCUT2D eigenvalue weighted by Crippen LogP contribution is -2.12. The minimum atomic E-state index is 0.310. The number of nitrogens with zero attached hydrogens (tertiary/aromatic N) is 3. The van der Waals surface area contributed by atoms with Crippen LogP contribution in [0.1, 0.15) is 33.4 Å². The first-order valence-electron chi connectivity index (χ1n) is 6.45. The van der Waals surface area contributed by atoms with Gasteiger partial charge in [0, 0.05) is 12.2 Å². The van der Waals surface area contributed by atoms with E-state index in [1.54, 1.807) is 6.20 Å². The Hall–Kier alpha value is -1.55. The number of halogens is 1. The van der Waals surface area contributed by atoms with Crippen molar-refractivity contribution in [2.45, 2.75) is 33.7 Å². The van der Waals surface area contributed by atoms with E-state index in [0.717, 1.165) is 11.5 Å². The maximum atomic E-state index is 6.01. The predicted octanol–water partition coefficient (Wildman–Crippen LogP) is 3.87. The second-order valence-electron chi connectivity index (χ2n) is 5.19. The summed E-state index contributed by atoms with van der Waals surface area (Å²) >= 11 is 6.01. The van der Waals surface area contributed by atoms with Crippen LogP contribution in [0.3, 0.4) is 0 Å². The molecule has 4 nitrogen and oxygen atoms in total. The smallest absolute Gasteiger partial charge is 0.236 e. The van der Waals surface area contributed by atoms with Crippen LogP contribution in [-0.4, -0.2) is 20.4 Å². The summed E-state index contributed by atoms with van der Waals surface area (Å²) in [5.41, 5.74) is 0.886. The summed E-state index contributed by atoms with van der Waals surface area (Å²) in [5.74, 6) is 2.06. The van der Waals surface area contributed by atoms with Crippen molar-refractivity contribution in [3.8, 4) is 0 Å². The maximum absolute atomic E-state index is 6.01. The SMILES string of the molecule is CC(C)/C=C/c1nc2ncc(Cl)cn2c1NC(C)C. The van der Waals surface area contributed by atoms with Crippen LogP contribution in [0.2, 0.25) is 5.02 Å². The number of imidazole rings is 1. The van der Waals surface area contributed by atoms with Gasteiger partial charge in [-0.15, -0.1) is 0 Å². The molecule has 0 radical (unpaired) electrons. The number of aromatic nitrogens is 3. The number of hydrogen-bond donors (Lipinski definition) is 1. The lowest BCUT2D eigenvalue weighted by Gasteiger charge is -2.10. The highest BCUT2D eigenvalue weighted by Crippen LogP contribution is 2.21. The van der Waals surface area contributed by atoms with Gasteiger partial charge in [-0.1, -0.05) is 31.5 Å². The monoisotopic (exact) mass is 278 g/mol. The highest BCUT2D eigenvalue weighted by molar-refractivity contribution is 6.30. The first-order valence-corrected chi connectivity index (χ1v) is 6.83. The van der Waals surface area contributed by atoms with Gasteiger partial charge in [-0.3, -0.25) is 4.40 Å². The van der Waals surface area contributed by atoms with Crippen LogP contribution in [0.5, 0.6) is 0 Å². The first kappa shape index (κ1) is 13.9. The van der Waals surface area contributed by atoms with Crippen LogP contribution in [0.15, 0.2) is 18.5 Å². The topological polar surface area (TPSA) is 42.2 Å². The summed E-state index contributed by atoms with van der Waals surface area (Å²) in [6.07, 6.45) is 7.58. The Bertz CT molecular complexity index is 599. The lowest BCUT2D eigenvalue weighted by molar-refractivity contribution is 0.836. The zero-order valence-corrected chi connectivity index (χ0v) is 12.4. The van der Waals surface area contributed by atoms with Crippen LogP contribution in [-0.2, 0) is 0 Å². The van der Waals surface area contributed by atoms with E-state index in [-0.39, 0.29) is 0 Å². The molecule has 102 valence electrons. The molecule has 2 aromatic rings. The Morgan fingerprint density at radius 2 is 2.05 bits per heavy atom. The van der Waals surface area contributed by atoms with Crippen molar-refractivity contribution >= 4 is 29.3 Å². The molecule has 0 fully saturated rings. The van der Waals surface area contributed by atoms with E-state index in [1.807, 2.05) is 16.7 Å². The van der Waals surface area contributed by atoms with Crippen molar-refractivity contribution in [1.29, 1.82) is 0 Å². The van der Waals surface area contributed by atoms with E-state index in [4.69, 9.17) is 11.6 Å². The van der Waals surface area contributed by atoms with E-state index < -0.39 is 0 Å². The molecule has 2 rings (SSSR count). The normalized spacial score (nSPS) is 12.2. The van der Waals surface area contributed by atoms with Crippen LogP contribution in [0.4, 0.5) is 5.82 Å². The van der Waals surface area contributed by atoms with Crippen LogP contribution < -0.4 is 5.32 Å². The summed E-state index contributed by atoms with van der Waals surface area (Å²) in [6.45, 7) is 8.45. The molecule has 0 aliphatic carbocycles. The molecule has 1 N–H and O–H groups in total. The second-order valence-corrected chi connectivity index (χ2v) is 5.63. The Labute approximate surface area is 118 Å². The third-order valence-corrected chi connectivity index (χ3v) is 2.73. The molecule has 0 bridgehead atoms. The Kier molecular flexibility index (Phi) is 4.10. The predicted molar refractivity (Wildman–Crippen MR) is 80.6 cm³/mol. The summed E-state index contributed by atoms with van der Waals surface area (Å²) in [5, 5.41) is 3.99. The van der Waals surface area contributed by atoms with Crippen molar-refractivity contribution < 1.29 is 0 Å². The zero-order chi connectivity index (χ0) is 14.0. The summed E-state index contributed by atoms with van der Waals surface area (Å²) in [7, 11) is 0. The third-order valence-electron chi connectivity index (χ3n) is 2.54. The zero-order valence-electron chi connectivity index (χ0n) is 11.7. The number of allylic oxidation sites excluding steroid dienone is 1. The molecule has 0 unspecified atom stereocenters. The Balaban J connectivity index is 2.55. The number of anilines is 1. The van der Waals surface area contributed by atoms with Crippen LogP contribution in [0, 0.1) is 5.92 Å². The molecule has 0 saturated carbocycles. The molecule has 0 saturated heterocycles. The third kappa shape index (κ3) is 3.26. The number of nitrogens with one attached hydrogen (secondary N) is 1. The van der Waals surface area contributed by atoms with Crippen molar-refractivity contribution in [2.24, 2.45) is 5.92 Å². The van der Waals surface area contributed by atoms with Crippen molar-refractivity contribution in [3.05, 3.63) is 29.2 Å². The highest BCUT2D eigenvalue weighted by atomic mass is 35.5. The Morgan fingerprint density at radius 3 is 2.68 bits per heavy atom. The molecule has 0 aliphatic heterocycles. The quantitative estimate of drug-likeness (QED) is 0.923. The molecular weight excluding hydrogens is 260 g/mol. The van der Waals surface area contributed by atoms with Gasteiger partial charge in [-0.25, -0.2) is 9.97 Å². The standard InChI is InChI=1S/C14H19ClN4/c1-9(2)5-6-12-13(17-10(3)4)19-8-11(15)7-16-14(19)18-12/h5-10,17H,1-4H3/b6-5+. The molecule has 0 atom stereocenters. The molecule has 19 heavy (non-hydrogen) atoms. The van der Waals surface area contributed by atoms with E-state index in [2.05, 4.69) is 49.1 Å². The van der Waals surface area contributed by atoms with Gasteiger partial charge in [0.15, 0.2) is 0 Å². The minimum absolute atomic E-state index is 0.310. The molecular formula is C14H19ClN4. The molecule has 0 amide bonds. The van der Waals surface area contributed by atoms with E-state index in [0.29, 0.717) is 22.8 Å². The largest absolute Gasteiger partial charge is 0.367 e. The van der Waals surface area contributed by atoms with E-state index in [9.17, 15) is 0 Å². The highest BCUT2D eigenvalue weighted by Gasteiger charge is 2.12. The fourth-order valence-corrected chi connectivity index (χ4v) is 1.89. The summed E-state index contributed by atoms with van der Waals surface area (Å²) in [6, 6.07) is 0.310. The molecule has 2 heterocycles. The van der Waals surface area contributed by atoms with Gasteiger partial charge in [-0.2, -0.15) is 0 Å². The summed E-state index contributed by atoms with van der Waals surface area (Å²) in [4.78, 5) is 8.77. The average molecular weight is 279 g/mol. The van der Waals surface area contributed by atoms with Crippen LogP contribution in [0.25, 0.3) is 11.9 Å².